The summed E-state index contributed by atoms with van der Waals surface area (Å²) in [6.45, 7) is 0. The molecule has 0 saturated carbocycles. The minimum Gasteiger partial charge on any atom is -0.198 e. The lowest BCUT2D eigenvalue weighted by Crippen LogP contribution is -2.05. The zero-order valence-corrected chi connectivity index (χ0v) is 7.74. The second kappa shape index (κ2) is 3.87. The van der Waals surface area contributed by atoms with Gasteiger partial charge in [0, 0.05) is 6.42 Å². The van der Waals surface area contributed by atoms with E-state index in [-0.39, 0.29) is 0 Å². The molecule has 0 amide bonds. The van der Waals surface area contributed by atoms with Crippen LogP contribution in [0.5, 0.6) is 0 Å². The lowest BCUT2D eigenvalue weighted by Gasteiger charge is -2.05. The van der Waals surface area contributed by atoms with Crippen LogP contribution in [0, 0.1) is 22.7 Å². The van der Waals surface area contributed by atoms with Gasteiger partial charge < -0.3 is 0 Å². The van der Waals surface area contributed by atoms with Crippen molar-refractivity contribution in [3.63, 3.8) is 0 Å². The lowest BCUT2D eigenvalue weighted by molar-refractivity contribution is 0.880. The molecule has 0 saturated heterocycles. The van der Waals surface area contributed by atoms with Crippen LogP contribution < -0.4 is 0 Å². The molecule has 4 heteroatoms. The van der Waals surface area contributed by atoms with Crippen LogP contribution in [-0.2, 0) is 0 Å². The minimum absolute atomic E-state index is 0.379. The van der Waals surface area contributed by atoms with Crippen LogP contribution in [0.3, 0.4) is 0 Å². The number of hydrogen-bond acceptors (Lipinski definition) is 2. The molecule has 0 aliphatic rings. The molecule has 0 aliphatic heterocycles. The molecule has 0 unspecified atom stereocenters. The maximum atomic E-state index is 8.37. The number of rotatable bonds is 2. The maximum absolute atomic E-state index is 8.37. The van der Waals surface area contributed by atoms with E-state index in [9.17, 15) is 0 Å². The largest absolute Gasteiger partial charge is 0.198 e. The second-order valence-corrected chi connectivity index (χ2v) is 5.25. The topological polar surface area (TPSA) is 47.6 Å². The molecule has 0 N–H and O–H groups in total. The van der Waals surface area contributed by atoms with Crippen molar-refractivity contribution in [3.8, 4) is 12.1 Å². The fourth-order valence-corrected chi connectivity index (χ4v) is 0.665. The van der Waals surface area contributed by atoms with Gasteiger partial charge in [-0.3, -0.25) is 0 Å². The first kappa shape index (κ1) is 8.94. The second-order valence-electron chi connectivity index (χ2n) is 1.47. The van der Waals surface area contributed by atoms with E-state index in [4.69, 9.17) is 10.5 Å². The molecular weight excluding hydrogens is 248 g/mol. The summed E-state index contributed by atoms with van der Waals surface area (Å²) >= 11 is 6.17. The van der Waals surface area contributed by atoms with E-state index in [1.807, 2.05) is 12.1 Å². The van der Waals surface area contributed by atoms with Gasteiger partial charge in [0.1, 0.15) is 0 Å². The SMILES string of the molecule is N#CCCC(Br)(Br)C#N. The van der Waals surface area contributed by atoms with Crippen molar-refractivity contribution >= 4 is 31.9 Å². The van der Waals surface area contributed by atoms with Crippen molar-refractivity contribution in [1.82, 2.24) is 0 Å². The van der Waals surface area contributed by atoms with Gasteiger partial charge >= 0.3 is 0 Å². The first-order chi connectivity index (χ1) is 4.12. The Kier molecular flexibility index (Phi) is 3.84. The molecule has 0 aromatic carbocycles. The normalized spacial score (nSPS) is 9.78. The van der Waals surface area contributed by atoms with Crippen LogP contribution >= 0.6 is 31.9 Å². The molecule has 0 bridgehead atoms. The third kappa shape index (κ3) is 4.44. The highest BCUT2D eigenvalue weighted by Gasteiger charge is 2.20. The monoisotopic (exact) mass is 250 g/mol. The van der Waals surface area contributed by atoms with Crippen LogP contribution in [0.25, 0.3) is 0 Å². The molecule has 2 nitrogen and oxygen atoms in total. The predicted molar refractivity (Wildman–Crippen MR) is 41.0 cm³/mol. The molecule has 0 fully saturated rings. The fourth-order valence-electron chi connectivity index (χ4n) is 0.269. The van der Waals surface area contributed by atoms with E-state index in [1.54, 1.807) is 0 Å². The molecule has 0 atom stereocenters. The highest BCUT2D eigenvalue weighted by atomic mass is 79.9. The van der Waals surface area contributed by atoms with Gasteiger partial charge in [0.15, 0.2) is 3.23 Å². The maximum Gasteiger partial charge on any atom is 0.167 e. The standard InChI is InChI=1S/C5H4Br2N2/c6-5(7,4-9)2-1-3-8/h1-2H2. The van der Waals surface area contributed by atoms with Gasteiger partial charge in [-0.25, -0.2) is 0 Å². The number of halogens is 2. The quantitative estimate of drug-likeness (QED) is 0.708. The van der Waals surface area contributed by atoms with E-state index < -0.39 is 3.23 Å². The Morgan fingerprint density at radius 3 is 2.22 bits per heavy atom. The summed E-state index contributed by atoms with van der Waals surface area (Å²) in [5.74, 6) is 0. The average Bonchev–Trinajstić information content (AvgIpc) is 1.84. The van der Waals surface area contributed by atoms with Crippen LogP contribution in [0.1, 0.15) is 12.8 Å². The third-order valence-corrected chi connectivity index (χ3v) is 1.86. The van der Waals surface area contributed by atoms with Crippen LogP contribution in [0.2, 0.25) is 0 Å². The zero-order chi connectivity index (χ0) is 7.33. The average molecular weight is 252 g/mol. The summed E-state index contributed by atoms with van der Waals surface area (Å²) in [4.78, 5) is 0. The Bertz CT molecular complexity index is 163. The first-order valence-electron chi connectivity index (χ1n) is 2.28. The van der Waals surface area contributed by atoms with E-state index in [2.05, 4.69) is 31.9 Å². The van der Waals surface area contributed by atoms with Crippen LogP contribution in [0.4, 0.5) is 0 Å². The highest BCUT2D eigenvalue weighted by molar-refractivity contribution is 9.25. The zero-order valence-electron chi connectivity index (χ0n) is 4.56. The van der Waals surface area contributed by atoms with Gasteiger partial charge in [-0.2, -0.15) is 10.5 Å². The summed E-state index contributed by atoms with van der Waals surface area (Å²) in [5, 5.41) is 16.5. The fraction of sp³-hybridized carbons (Fsp3) is 0.600. The molecular formula is C5H4Br2N2. The summed E-state index contributed by atoms with van der Waals surface area (Å²) in [5.41, 5.74) is 0. The van der Waals surface area contributed by atoms with Gasteiger partial charge in [0.2, 0.25) is 0 Å². The van der Waals surface area contributed by atoms with Gasteiger partial charge in [-0.1, -0.05) is 31.9 Å². The van der Waals surface area contributed by atoms with E-state index in [0.29, 0.717) is 12.8 Å². The summed E-state index contributed by atoms with van der Waals surface area (Å²) in [7, 11) is 0. The van der Waals surface area contributed by atoms with Crippen LogP contribution in [0.15, 0.2) is 0 Å². The molecule has 0 aliphatic carbocycles. The number of nitriles is 2. The Morgan fingerprint density at radius 2 is 1.89 bits per heavy atom. The number of nitrogens with zero attached hydrogens (tertiary/aromatic N) is 2. The Morgan fingerprint density at radius 1 is 1.33 bits per heavy atom. The number of alkyl halides is 2. The Labute approximate surface area is 70.7 Å². The van der Waals surface area contributed by atoms with Gasteiger partial charge in [-0.15, -0.1) is 0 Å². The molecule has 0 radical (unpaired) electrons. The third-order valence-electron chi connectivity index (χ3n) is 0.714. The van der Waals surface area contributed by atoms with Crippen molar-refractivity contribution in [2.45, 2.75) is 16.1 Å². The smallest absolute Gasteiger partial charge is 0.167 e. The van der Waals surface area contributed by atoms with Gasteiger partial charge in [0.05, 0.1) is 12.1 Å². The molecule has 48 valence electrons. The molecule has 0 aromatic rings. The van der Waals surface area contributed by atoms with Crippen molar-refractivity contribution < 1.29 is 0 Å². The lowest BCUT2D eigenvalue weighted by atomic mass is 10.3. The predicted octanol–water partition coefficient (Wildman–Crippen LogP) is 2.30. The van der Waals surface area contributed by atoms with Crippen molar-refractivity contribution in [2.75, 3.05) is 0 Å². The Balaban J connectivity index is 3.65. The van der Waals surface area contributed by atoms with Crippen LogP contribution in [-0.4, -0.2) is 3.23 Å². The Hall–Kier alpha value is -0.0600. The molecule has 0 rings (SSSR count). The number of hydrogen-bond donors (Lipinski definition) is 0. The molecule has 0 aromatic heterocycles. The van der Waals surface area contributed by atoms with Gasteiger partial charge in [0.25, 0.3) is 0 Å². The summed E-state index contributed by atoms with van der Waals surface area (Å²) < 4.78 is -0.699. The molecule has 0 heterocycles. The highest BCUT2D eigenvalue weighted by Crippen LogP contribution is 2.29. The first-order valence-corrected chi connectivity index (χ1v) is 3.87. The van der Waals surface area contributed by atoms with Crippen molar-refractivity contribution in [3.05, 3.63) is 0 Å². The molecule has 9 heavy (non-hydrogen) atoms. The van der Waals surface area contributed by atoms with Crippen molar-refractivity contribution in [1.29, 1.82) is 10.5 Å². The van der Waals surface area contributed by atoms with Gasteiger partial charge in [-0.05, 0) is 6.42 Å². The molecule has 0 spiro atoms. The van der Waals surface area contributed by atoms with Crippen molar-refractivity contribution in [2.24, 2.45) is 0 Å². The van der Waals surface area contributed by atoms with E-state index in [1.165, 1.54) is 0 Å². The summed E-state index contributed by atoms with van der Waals surface area (Å²) in [6, 6.07) is 3.91. The van der Waals surface area contributed by atoms with E-state index in [0.717, 1.165) is 0 Å². The van der Waals surface area contributed by atoms with E-state index >= 15 is 0 Å². The summed E-state index contributed by atoms with van der Waals surface area (Å²) in [6.07, 6.45) is 0.879. The minimum atomic E-state index is -0.699.